The third kappa shape index (κ3) is 8.77. The number of anilines is 1. The van der Waals surface area contributed by atoms with Crippen molar-refractivity contribution in [2.75, 3.05) is 18.5 Å². The largest absolute Gasteiger partial charge is 0.391 e. The Morgan fingerprint density at radius 3 is 2.10 bits per heavy atom. The molecule has 0 saturated heterocycles. The molecule has 0 aliphatic heterocycles. The summed E-state index contributed by atoms with van der Waals surface area (Å²) in [5.74, 6) is 0. The smallest absolute Gasteiger partial charge is 0.0714 e. The van der Waals surface area contributed by atoms with Gasteiger partial charge in [-0.15, -0.1) is 0 Å². The van der Waals surface area contributed by atoms with Crippen LogP contribution in [0.4, 0.5) is 5.69 Å². The number of hydrogen-bond donors (Lipinski definition) is 1. The summed E-state index contributed by atoms with van der Waals surface area (Å²) in [4.78, 5) is 2.13. The van der Waals surface area contributed by atoms with Crippen molar-refractivity contribution in [3.05, 3.63) is 30.3 Å². The standard InChI is InChI=1S/C19H33NO/c1-3-4-5-6-7-8-9-13-16-19(21)17-20(2)18-14-11-10-12-15-18/h10-12,14-15,19,21H,3-9,13,16-17H2,1-2H3. The molecule has 0 aliphatic rings. The Bertz CT molecular complexity index is 339. The fourth-order valence-electron chi connectivity index (χ4n) is 2.71. The second-order valence-corrected chi connectivity index (χ2v) is 6.13. The fraction of sp³-hybridized carbons (Fsp3) is 0.684. The molecule has 0 spiro atoms. The van der Waals surface area contributed by atoms with E-state index in [1.807, 2.05) is 25.2 Å². The molecule has 0 saturated carbocycles. The van der Waals surface area contributed by atoms with E-state index in [0.717, 1.165) is 19.4 Å². The van der Waals surface area contributed by atoms with Gasteiger partial charge in [-0.3, -0.25) is 0 Å². The third-order valence-corrected chi connectivity index (χ3v) is 4.07. The zero-order valence-corrected chi connectivity index (χ0v) is 13.9. The van der Waals surface area contributed by atoms with Gasteiger partial charge in [-0.2, -0.15) is 0 Å². The molecule has 1 aromatic rings. The minimum atomic E-state index is -0.213. The molecular weight excluding hydrogens is 258 g/mol. The molecule has 120 valence electrons. The molecule has 1 atom stereocenters. The van der Waals surface area contributed by atoms with E-state index in [4.69, 9.17) is 0 Å². The zero-order chi connectivity index (χ0) is 15.3. The summed E-state index contributed by atoms with van der Waals surface area (Å²) in [5, 5.41) is 10.1. The van der Waals surface area contributed by atoms with Gasteiger partial charge in [-0.1, -0.05) is 76.5 Å². The van der Waals surface area contributed by atoms with Crippen LogP contribution >= 0.6 is 0 Å². The second-order valence-electron chi connectivity index (χ2n) is 6.13. The number of likely N-dealkylation sites (N-methyl/N-ethyl adjacent to an activating group) is 1. The van der Waals surface area contributed by atoms with Crippen molar-refractivity contribution in [1.29, 1.82) is 0 Å². The topological polar surface area (TPSA) is 23.5 Å². The SMILES string of the molecule is CCCCCCCCCCC(O)CN(C)c1ccccc1. The molecule has 0 fully saturated rings. The summed E-state index contributed by atoms with van der Waals surface area (Å²) >= 11 is 0. The van der Waals surface area contributed by atoms with E-state index in [2.05, 4.69) is 24.0 Å². The Morgan fingerprint density at radius 2 is 1.48 bits per heavy atom. The van der Waals surface area contributed by atoms with Gasteiger partial charge in [0, 0.05) is 19.3 Å². The maximum absolute atomic E-state index is 10.1. The van der Waals surface area contributed by atoms with Crippen molar-refractivity contribution in [3.63, 3.8) is 0 Å². The fourth-order valence-corrected chi connectivity index (χ4v) is 2.71. The van der Waals surface area contributed by atoms with E-state index in [1.165, 1.54) is 50.6 Å². The van der Waals surface area contributed by atoms with Gasteiger partial charge in [0.25, 0.3) is 0 Å². The van der Waals surface area contributed by atoms with Crippen LogP contribution in [0.3, 0.4) is 0 Å². The van der Waals surface area contributed by atoms with Gasteiger partial charge in [-0.25, -0.2) is 0 Å². The third-order valence-electron chi connectivity index (χ3n) is 4.07. The zero-order valence-electron chi connectivity index (χ0n) is 13.9. The van der Waals surface area contributed by atoms with Crippen LogP contribution in [0, 0.1) is 0 Å². The predicted molar refractivity (Wildman–Crippen MR) is 92.9 cm³/mol. The molecule has 21 heavy (non-hydrogen) atoms. The van der Waals surface area contributed by atoms with E-state index in [1.54, 1.807) is 0 Å². The Balaban J connectivity index is 2.02. The molecular formula is C19H33NO. The van der Waals surface area contributed by atoms with Crippen molar-refractivity contribution in [2.24, 2.45) is 0 Å². The van der Waals surface area contributed by atoms with Gasteiger partial charge in [-0.05, 0) is 18.6 Å². The lowest BCUT2D eigenvalue weighted by Crippen LogP contribution is -2.28. The predicted octanol–water partition coefficient (Wildman–Crippen LogP) is 5.01. The summed E-state index contributed by atoms with van der Waals surface area (Å²) in [5.41, 5.74) is 1.17. The molecule has 0 aliphatic carbocycles. The highest BCUT2D eigenvalue weighted by Crippen LogP contribution is 2.14. The van der Waals surface area contributed by atoms with Gasteiger partial charge in [0.05, 0.1) is 6.10 Å². The van der Waals surface area contributed by atoms with Crippen LogP contribution in [0.2, 0.25) is 0 Å². The number of para-hydroxylation sites is 1. The van der Waals surface area contributed by atoms with Crippen molar-refractivity contribution >= 4 is 5.69 Å². The number of hydrogen-bond acceptors (Lipinski definition) is 2. The number of unbranched alkanes of at least 4 members (excludes halogenated alkanes) is 7. The van der Waals surface area contributed by atoms with Crippen LogP contribution in [0.1, 0.15) is 64.7 Å². The summed E-state index contributed by atoms with van der Waals surface area (Å²) in [6.45, 7) is 2.98. The van der Waals surface area contributed by atoms with Crippen LogP contribution in [-0.4, -0.2) is 24.8 Å². The maximum atomic E-state index is 10.1. The Morgan fingerprint density at radius 1 is 0.905 bits per heavy atom. The lowest BCUT2D eigenvalue weighted by Gasteiger charge is -2.22. The molecule has 0 bridgehead atoms. The van der Waals surface area contributed by atoms with Crippen LogP contribution in [0.15, 0.2) is 30.3 Å². The first-order chi connectivity index (χ1) is 10.2. The van der Waals surface area contributed by atoms with Gasteiger partial charge in [0.1, 0.15) is 0 Å². The highest BCUT2D eigenvalue weighted by Gasteiger charge is 2.08. The highest BCUT2D eigenvalue weighted by atomic mass is 16.3. The highest BCUT2D eigenvalue weighted by molar-refractivity contribution is 5.45. The first kappa shape index (κ1) is 18.0. The van der Waals surface area contributed by atoms with E-state index >= 15 is 0 Å². The Labute approximate surface area is 131 Å². The number of nitrogens with zero attached hydrogens (tertiary/aromatic N) is 1. The van der Waals surface area contributed by atoms with Crippen LogP contribution < -0.4 is 4.90 Å². The normalized spacial score (nSPS) is 12.3. The van der Waals surface area contributed by atoms with Crippen molar-refractivity contribution in [1.82, 2.24) is 0 Å². The molecule has 1 aromatic carbocycles. The molecule has 1 unspecified atom stereocenters. The molecule has 0 amide bonds. The Kier molecular flexibility index (Phi) is 9.98. The summed E-state index contributed by atoms with van der Waals surface area (Å²) in [6, 6.07) is 10.3. The van der Waals surface area contributed by atoms with Crippen molar-refractivity contribution in [2.45, 2.75) is 70.8 Å². The van der Waals surface area contributed by atoms with E-state index < -0.39 is 0 Å². The average Bonchev–Trinajstić information content (AvgIpc) is 2.50. The summed E-state index contributed by atoms with van der Waals surface area (Å²) in [6.07, 6.45) is 11.3. The maximum Gasteiger partial charge on any atom is 0.0714 e. The molecule has 0 radical (unpaired) electrons. The van der Waals surface area contributed by atoms with Gasteiger partial charge < -0.3 is 10.0 Å². The summed E-state index contributed by atoms with van der Waals surface area (Å²) < 4.78 is 0. The molecule has 2 heteroatoms. The average molecular weight is 291 g/mol. The lowest BCUT2D eigenvalue weighted by molar-refractivity contribution is 0.167. The van der Waals surface area contributed by atoms with Crippen LogP contribution in [0.5, 0.6) is 0 Å². The van der Waals surface area contributed by atoms with E-state index in [9.17, 15) is 5.11 Å². The minimum Gasteiger partial charge on any atom is -0.391 e. The molecule has 1 rings (SSSR count). The van der Waals surface area contributed by atoms with Crippen molar-refractivity contribution < 1.29 is 5.11 Å². The number of aliphatic hydroxyl groups excluding tert-OH is 1. The van der Waals surface area contributed by atoms with E-state index in [0.29, 0.717) is 0 Å². The Hall–Kier alpha value is -1.02. The second kappa shape index (κ2) is 11.6. The van der Waals surface area contributed by atoms with Crippen LogP contribution in [-0.2, 0) is 0 Å². The van der Waals surface area contributed by atoms with E-state index in [-0.39, 0.29) is 6.10 Å². The van der Waals surface area contributed by atoms with Gasteiger partial charge >= 0.3 is 0 Å². The van der Waals surface area contributed by atoms with Crippen molar-refractivity contribution in [3.8, 4) is 0 Å². The monoisotopic (exact) mass is 291 g/mol. The summed E-state index contributed by atoms with van der Waals surface area (Å²) in [7, 11) is 2.05. The number of benzene rings is 1. The molecule has 2 nitrogen and oxygen atoms in total. The lowest BCUT2D eigenvalue weighted by atomic mass is 10.1. The number of rotatable bonds is 12. The first-order valence-corrected chi connectivity index (χ1v) is 8.68. The molecule has 1 N–H and O–H groups in total. The van der Waals surface area contributed by atoms with Gasteiger partial charge in [0.15, 0.2) is 0 Å². The molecule has 0 heterocycles. The minimum absolute atomic E-state index is 0.213. The van der Waals surface area contributed by atoms with Crippen LogP contribution in [0.25, 0.3) is 0 Å². The first-order valence-electron chi connectivity index (χ1n) is 8.68. The number of aliphatic hydroxyl groups is 1. The van der Waals surface area contributed by atoms with Gasteiger partial charge in [0.2, 0.25) is 0 Å². The quantitative estimate of drug-likeness (QED) is 0.547. The molecule has 0 aromatic heterocycles.